The van der Waals surface area contributed by atoms with Crippen LogP contribution < -0.4 is 15.1 Å². The number of fused-ring (bicyclic) bond motifs is 1. The second kappa shape index (κ2) is 8.90. The topological polar surface area (TPSA) is 55.2 Å². The fraction of sp³-hybridized carbons (Fsp3) is 0.375. The summed E-state index contributed by atoms with van der Waals surface area (Å²) in [5.74, 6) is 1.29. The van der Waals surface area contributed by atoms with Crippen LogP contribution in [0.5, 0.6) is 5.75 Å². The molecule has 30 heavy (non-hydrogen) atoms. The van der Waals surface area contributed by atoms with Gasteiger partial charge >= 0.3 is 0 Å². The molecule has 0 spiro atoms. The SMILES string of the molecule is COCc1cc(-c2cc(=O)c3cc(N4CCCN(C)CC4)ccc3o2)ccc1OC. The van der Waals surface area contributed by atoms with E-state index in [1.54, 1.807) is 20.3 Å². The predicted molar refractivity (Wildman–Crippen MR) is 120 cm³/mol. The Morgan fingerprint density at radius 3 is 2.67 bits per heavy atom. The minimum Gasteiger partial charge on any atom is -0.496 e. The first-order valence-corrected chi connectivity index (χ1v) is 10.3. The summed E-state index contributed by atoms with van der Waals surface area (Å²) in [6.45, 7) is 4.49. The summed E-state index contributed by atoms with van der Waals surface area (Å²) in [5.41, 5.74) is 3.36. The number of anilines is 1. The first kappa shape index (κ1) is 20.4. The summed E-state index contributed by atoms with van der Waals surface area (Å²) < 4.78 is 16.8. The fourth-order valence-corrected chi connectivity index (χ4v) is 3.99. The molecule has 0 atom stereocenters. The molecule has 1 saturated heterocycles. The molecule has 6 nitrogen and oxygen atoms in total. The van der Waals surface area contributed by atoms with Crippen LogP contribution in [-0.2, 0) is 11.3 Å². The van der Waals surface area contributed by atoms with Crippen molar-refractivity contribution in [3.8, 4) is 17.1 Å². The minimum atomic E-state index is -0.0378. The third-order valence-corrected chi connectivity index (χ3v) is 5.66. The maximum atomic E-state index is 12.9. The Bertz CT molecular complexity index is 1090. The largest absolute Gasteiger partial charge is 0.496 e. The van der Waals surface area contributed by atoms with Gasteiger partial charge < -0.3 is 23.7 Å². The number of hydrogen-bond acceptors (Lipinski definition) is 6. The summed E-state index contributed by atoms with van der Waals surface area (Å²) >= 11 is 0. The lowest BCUT2D eigenvalue weighted by Crippen LogP contribution is -2.28. The highest BCUT2D eigenvalue weighted by atomic mass is 16.5. The van der Waals surface area contributed by atoms with Gasteiger partial charge in [-0.2, -0.15) is 0 Å². The quantitative estimate of drug-likeness (QED) is 0.641. The molecule has 2 heterocycles. The first-order chi connectivity index (χ1) is 14.6. The molecule has 1 aliphatic heterocycles. The first-order valence-electron chi connectivity index (χ1n) is 10.3. The third kappa shape index (κ3) is 4.20. The molecule has 1 fully saturated rings. The molecule has 0 bridgehead atoms. The second-order valence-corrected chi connectivity index (χ2v) is 7.76. The third-order valence-electron chi connectivity index (χ3n) is 5.66. The summed E-state index contributed by atoms with van der Waals surface area (Å²) in [6.07, 6.45) is 1.11. The van der Waals surface area contributed by atoms with Gasteiger partial charge in [-0.05, 0) is 56.4 Å². The Hall–Kier alpha value is -2.83. The lowest BCUT2D eigenvalue weighted by atomic mass is 10.1. The van der Waals surface area contributed by atoms with Crippen molar-refractivity contribution in [2.75, 3.05) is 52.3 Å². The Morgan fingerprint density at radius 2 is 1.87 bits per heavy atom. The lowest BCUT2D eigenvalue weighted by Gasteiger charge is -2.23. The Kier molecular flexibility index (Phi) is 6.06. The van der Waals surface area contributed by atoms with Gasteiger partial charge in [0, 0.05) is 49.6 Å². The molecule has 6 heteroatoms. The number of nitrogens with zero attached hydrogens (tertiary/aromatic N) is 2. The van der Waals surface area contributed by atoms with Crippen LogP contribution >= 0.6 is 0 Å². The molecule has 0 N–H and O–H groups in total. The van der Waals surface area contributed by atoms with Crippen molar-refractivity contribution in [2.24, 2.45) is 0 Å². The van der Waals surface area contributed by atoms with E-state index < -0.39 is 0 Å². The molecule has 4 rings (SSSR count). The van der Waals surface area contributed by atoms with Gasteiger partial charge in [-0.1, -0.05) is 0 Å². The highest BCUT2D eigenvalue weighted by molar-refractivity contribution is 5.82. The number of rotatable bonds is 5. The highest BCUT2D eigenvalue weighted by Gasteiger charge is 2.15. The minimum absolute atomic E-state index is 0.0378. The van der Waals surface area contributed by atoms with E-state index in [2.05, 4.69) is 16.8 Å². The van der Waals surface area contributed by atoms with E-state index in [0.717, 1.165) is 55.2 Å². The number of ether oxygens (including phenoxy) is 2. The zero-order valence-electron chi connectivity index (χ0n) is 17.8. The number of likely N-dealkylation sites (N-methyl/N-ethyl adjacent to an activating group) is 1. The molecule has 0 radical (unpaired) electrons. The van der Waals surface area contributed by atoms with Gasteiger partial charge in [-0.3, -0.25) is 4.79 Å². The molecule has 2 aromatic carbocycles. The monoisotopic (exact) mass is 408 g/mol. The van der Waals surface area contributed by atoms with Crippen LogP contribution in [0, 0.1) is 0 Å². The van der Waals surface area contributed by atoms with Crippen LogP contribution in [0.25, 0.3) is 22.3 Å². The van der Waals surface area contributed by atoms with E-state index in [4.69, 9.17) is 13.9 Å². The van der Waals surface area contributed by atoms with E-state index >= 15 is 0 Å². The highest BCUT2D eigenvalue weighted by Crippen LogP contribution is 2.29. The zero-order chi connectivity index (χ0) is 21.1. The molecule has 3 aromatic rings. The summed E-state index contributed by atoms with van der Waals surface area (Å²) in [7, 11) is 5.42. The lowest BCUT2D eigenvalue weighted by molar-refractivity contribution is 0.181. The average Bonchev–Trinajstić information content (AvgIpc) is 2.98. The van der Waals surface area contributed by atoms with Gasteiger partial charge in [0.15, 0.2) is 5.43 Å². The van der Waals surface area contributed by atoms with Gasteiger partial charge in [0.25, 0.3) is 0 Å². The van der Waals surface area contributed by atoms with Crippen LogP contribution in [0.3, 0.4) is 0 Å². The smallest absolute Gasteiger partial charge is 0.193 e. The molecule has 0 aliphatic carbocycles. The van der Waals surface area contributed by atoms with Gasteiger partial charge in [0.2, 0.25) is 0 Å². The van der Waals surface area contributed by atoms with Gasteiger partial charge in [0.1, 0.15) is 17.1 Å². The van der Waals surface area contributed by atoms with Crippen LogP contribution in [0.2, 0.25) is 0 Å². The predicted octanol–water partition coefficient (Wildman–Crippen LogP) is 3.76. The van der Waals surface area contributed by atoms with Gasteiger partial charge in [-0.15, -0.1) is 0 Å². The van der Waals surface area contributed by atoms with Crippen molar-refractivity contribution in [1.82, 2.24) is 4.90 Å². The molecule has 0 amide bonds. The van der Waals surface area contributed by atoms with E-state index in [1.165, 1.54) is 0 Å². The molecular formula is C24H28N2O4. The van der Waals surface area contributed by atoms with Crippen molar-refractivity contribution in [2.45, 2.75) is 13.0 Å². The van der Waals surface area contributed by atoms with E-state index in [-0.39, 0.29) is 5.43 Å². The molecular weight excluding hydrogens is 380 g/mol. The van der Waals surface area contributed by atoms with Crippen molar-refractivity contribution in [1.29, 1.82) is 0 Å². The molecule has 1 aromatic heterocycles. The fourth-order valence-electron chi connectivity index (χ4n) is 3.99. The van der Waals surface area contributed by atoms with Crippen LogP contribution in [0.4, 0.5) is 5.69 Å². The van der Waals surface area contributed by atoms with E-state index in [9.17, 15) is 4.79 Å². The zero-order valence-corrected chi connectivity index (χ0v) is 17.8. The van der Waals surface area contributed by atoms with E-state index in [0.29, 0.717) is 23.3 Å². The molecule has 0 unspecified atom stereocenters. The van der Waals surface area contributed by atoms with Crippen molar-refractivity contribution in [3.63, 3.8) is 0 Å². The van der Waals surface area contributed by atoms with Crippen LogP contribution in [0.1, 0.15) is 12.0 Å². The summed E-state index contributed by atoms with van der Waals surface area (Å²) in [5, 5.41) is 0.611. The average molecular weight is 408 g/mol. The van der Waals surface area contributed by atoms with Crippen LogP contribution in [-0.4, -0.2) is 52.3 Å². The molecule has 158 valence electrons. The summed E-state index contributed by atoms with van der Waals surface area (Å²) in [6, 6.07) is 13.2. The van der Waals surface area contributed by atoms with Crippen LogP contribution in [0.15, 0.2) is 51.7 Å². The Balaban J connectivity index is 1.69. The van der Waals surface area contributed by atoms with Crippen molar-refractivity contribution in [3.05, 3.63) is 58.3 Å². The Labute approximate surface area is 176 Å². The van der Waals surface area contributed by atoms with E-state index in [1.807, 2.05) is 36.4 Å². The standard InChI is InChI=1S/C24H28N2O4/c1-25-9-4-10-26(12-11-25)19-6-8-23-20(14-19)21(27)15-24(30-23)17-5-7-22(29-3)18(13-17)16-28-2/h5-8,13-15H,4,9-12,16H2,1-3H3. The van der Waals surface area contributed by atoms with Crippen molar-refractivity contribution >= 4 is 16.7 Å². The maximum absolute atomic E-state index is 12.9. The molecule has 1 aliphatic rings. The van der Waals surface area contributed by atoms with Gasteiger partial charge in [0.05, 0.1) is 19.1 Å². The normalized spacial score (nSPS) is 15.4. The summed E-state index contributed by atoms with van der Waals surface area (Å²) in [4.78, 5) is 17.6. The van der Waals surface area contributed by atoms with Crippen molar-refractivity contribution < 1.29 is 13.9 Å². The number of hydrogen-bond donors (Lipinski definition) is 0. The number of methoxy groups -OCH3 is 2. The molecule has 0 saturated carbocycles. The number of benzene rings is 2. The van der Waals surface area contributed by atoms with Gasteiger partial charge in [-0.25, -0.2) is 0 Å². The second-order valence-electron chi connectivity index (χ2n) is 7.76. The maximum Gasteiger partial charge on any atom is 0.193 e. The Morgan fingerprint density at radius 1 is 1.00 bits per heavy atom.